The second kappa shape index (κ2) is 9.36. The summed E-state index contributed by atoms with van der Waals surface area (Å²) in [7, 11) is 0. The van der Waals surface area contributed by atoms with Gasteiger partial charge in [0.25, 0.3) is 0 Å². The van der Waals surface area contributed by atoms with E-state index in [1.54, 1.807) is 10.9 Å². The first kappa shape index (κ1) is 20.7. The van der Waals surface area contributed by atoms with E-state index < -0.39 is 35.5 Å². The van der Waals surface area contributed by atoms with Gasteiger partial charge in [0.05, 0.1) is 17.8 Å². The molecule has 2 aromatic rings. The minimum atomic E-state index is -0.965. The Bertz CT molecular complexity index is 798. The molecule has 1 aromatic carbocycles. The summed E-state index contributed by atoms with van der Waals surface area (Å²) in [6.07, 6.45) is 3.06. The van der Waals surface area contributed by atoms with Gasteiger partial charge in [0.15, 0.2) is 5.78 Å². The molecule has 1 heterocycles. The van der Waals surface area contributed by atoms with Crippen LogP contribution in [0.1, 0.15) is 53.6 Å². The Balaban J connectivity index is 1.96. The van der Waals surface area contributed by atoms with E-state index in [0.717, 1.165) is 24.6 Å². The van der Waals surface area contributed by atoms with E-state index in [-0.39, 0.29) is 0 Å². The van der Waals surface area contributed by atoms with Crippen LogP contribution in [0.3, 0.4) is 0 Å². The molecule has 0 spiro atoms. The van der Waals surface area contributed by atoms with Crippen molar-refractivity contribution in [3.8, 4) is 0 Å². The number of carbonyl (C=O) groups excluding carboxylic acids is 2. The number of nitrogens with one attached hydrogen (secondary N) is 1. The third-order valence-corrected chi connectivity index (χ3v) is 3.97. The quantitative estimate of drug-likeness (QED) is 0.535. The minimum Gasteiger partial charge on any atom is -0.366 e. The van der Waals surface area contributed by atoms with Gasteiger partial charge in [-0.2, -0.15) is 5.10 Å². The monoisotopic (exact) mass is 379 g/mol. The molecule has 2 rings (SSSR count). The van der Waals surface area contributed by atoms with Crippen LogP contribution in [-0.4, -0.2) is 28.1 Å². The number of carbonyl (C=O) groups is 2. The Hall–Kier alpha value is -2.61. The normalized spacial score (nSPS) is 11.0. The van der Waals surface area contributed by atoms with Crippen LogP contribution in [0, 0.1) is 17.6 Å². The van der Waals surface area contributed by atoms with Gasteiger partial charge < -0.3 is 4.84 Å². The number of hydroxylamine groups is 1. The molecule has 0 bridgehead atoms. The zero-order valence-electron chi connectivity index (χ0n) is 15.6. The highest BCUT2D eigenvalue weighted by atomic mass is 19.1. The number of halogens is 2. The second-order valence-electron chi connectivity index (χ2n) is 6.52. The maximum absolute atomic E-state index is 13.6. The first-order valence-electron chi connectivity index (χ1n) is 8.81. The molecule has 0 aliphatic rings. The van der Waals surface area contributed by atoms with Crippen molar-refractivity contribution in [3.05, 3.63) is 52.9 Å². The average molecular weight is 379 g/mol. The molecule has 8 heteroatoms. The van der Waals surface area contributed by atoms with E-state index in [4.69, 9.17) is 4.84 Å². The van der Waals surface area contributed by atoms with Gasteiger partial charge in [-0.3, -0.25) is 9.48 Å². The smallest absolute Gasteiger partial charge is 0.360 e. The molecule has 1 N–H and O–H groups in total. The topological polar surface area (TPSA) is 73.2 Å². The fourth-order valence-corrected chi connectivity index (χ4v) is 2.47. The van der Waals surface area contributed by atoms with Gasteiger partial charge in [0, 0.05) is 12.7 Å². The third kappa shape index (κ3) is 5.43. The van der Waals surface area contributed by atoms with Crippen LogP contribution >= 0.6 is 0 Å². The van der Waals surface area contributed by atoms with Gasteiger partial charge in [-0.05, 0) is 30.9 Å². The highest BCUT2D eigenvalue weighted by Crippen LogP contribution is 2.13. The van der Waals surface area contributed by atoms with Gasteiger partial charge in [0.1, 0.15) is 17.2 Å². The van der Waals surface area contributed by atoms with Gasteiger partial charge in [-0.15, -0.1) is 5.48 Å². The third-order valence-electron chi connectivity index (χ3n) is 3.97. The van der Waals surface area contributed by atoms with Crippen LogP contribution in [-0.2, 0) is 17.8 Å². The number of hydrogen-bond donors (Lipinski definition) is 1. The molecule has 0 aliphatic carbocycles. The maximum atomic E-state index is 13.6. The van der Waals surface area contributed by atoms with E-state index >= 15 is 0 Å². The van der Waals surface area contributed by atoms with E-state index in [0.29, 0.717) is 30.1 Å². The Morgan fingerprint density at radius 3 is 2.52 bits per heavy atom. The van der Waals surface area contributed by atoms with Crippen LogP contribution in [0.2, 0.25) is 0 Å². The zero-order chi connectivity index (χ0) is 20.0. The van der Waals surface area contributed by atoms with Crippen molar-refractivity contribution in [2.24, 2.45) is 5.92 Å². The maximum Gasteiger partial charge on any atom is 0.360 e. The van der Waals surface area contributed by atoms with Crippen LogP contribution in [0.25, 0.3) is 0 Å². The average Bonchev–Trinajstić information content (AvgIpc) is 3.03. The Morgan fingerprint density at radius 1 is 1.26 bits per heavy atom. The molecule has 0 saturated carbocycles. The van der Waals surface area contributed by atoms with Crippen molar-refractivity contribution in [1.29, 1.82) is 0 Å². The summed E-state index contributed by atoms with van der Waals surface area (Å²) in [5.74, 6) is -2.99. The predicted molar refractivity (Wildman–Crippen MR) is 95.2 cm³/mol. The van der Waals surface area contributed by atoms with Gasteiger partial charge >= 0.3 is 5.97 Å². The van der Waals surface area contributed by atoms with Crippen molar-refractivity contribution in [3.63, 3.8) is 0 Å². The molecule has 0 atom stereocenters. The lowest BCUT2D eigenvalue weighted by atomic mass is 10.1. The van der Waals surface area contributed by atoms with E-state index in [1.807, 2.05) is 6.92 Å². The predicted octanol–water partition coefficient (Wildman–Crippen LogP) is 3.31. The van der Waals surface area contributed by atoms with Crippen LogP contribution < -0.4 is 5.48 Å². The number of Topliss-reactive ketones (excluding diaryl/α,β-unsaturated/α-hetero) is 1. The molecule has 0 fully saturated rings. The lowest BCUT2D eigenvalue weighted by molar-refractivity contribution is 0.0257. The number of ketones is 1. The Labute approximate surface area is 156 Å². The lowest BCUT2D eigenvalue weighted by Gasteiger charge is -2.06. The number of hydrogen-bond acceptors (Lipinski definition) is 5. The van der Waals surface area contributed by atoms with Crippen molar-refractivity contribution < 1.29 is 23.2 Å². The van der Waals surface area contributed by atoms with Crippen molar-refractivity contribution in [2.75, 3.05) is 6.54 Å². The SMILES string of the molecule is CCc1nn(CCC(C)C)cc1C(=O)ONCC(=O)c1c(F)cccc1F. The Kier molecular flexibility index (Phi) is 7.18. The number of rotatable bonds is 9. The Morgan fingerprint density at radius 2 is 1.93 bits per heavy atom. The van der Waals surface area contributed by atoms with Crippen molar-refractivity contribution in [1.82, 2.24) is 15.3 Å². The van der Waals surface area contributed by atoms with E-state index in [2.05, 4.69) is 24.4 Å². The molecule has 0 saturated heterocycles. The summed E-state index contributed by atoms with van der Waals surface area (Å²) in [6, 6.07) is 3.14. The first-order valence-corrected chi connectivity index (χ1v) is 8.81. The molecular formula is C19H23F2N3O3. The van der Waals surface area contributed by atoms with Crippen LogP contribution in [0.5, 0.6) is 0 Å². The standard InChI is InChI=1S/C19H23F2N3O3/c1-4-16-13(11-24(23-16)9-8-12(2)3)19(26)27-22-10-17(25)18-14(20)6-5-7-15(18)21/h5-7,11-12,22H,4,8-10H2,1-3H3. The largest absolute Gasteiger partial charge is 0.366 e. The van der Waals surface area contributed by atoms with Gasteiger partial charge in [0.2, 0.25) is 0 Å². The first-order chi connectivity index (χ1) is 12.8. The number of nitrogens with zero attached hydrogens (tertiary/aromatic N) is 2. The molecule has 0 radical (unpaired) electrons. The van der Waals surface area contributed by atoms with Crippen LogP contribution in [0.4, 0.5) is 8.78 Å². The lowest BCUT2D eigenvalue weighted by Crippen LogP contribution is -2.27. The summed E-state index contributed by atoms with van der Waals surface area (Å²) in [5.41, 5.74) is 2.38. The number of benzene rings is 1. The molecular weight excluding hydrogens is 356 g/mol. The van der Waals surface area contributed by atoms with E-state index in [9.17, 15) is 18.4 Å². The van der Waals surface area contributed by atoms with Crippen LogP contribution in [0.15, 0.2) is 24.4 Å². The van der Waals surface area contributed by atoms with Crippen molar-refractivity contribution in [2.45, 2.75) is 40.2 Å². The van der Waals surface area contributed by atoms with Gasteiger partial charge in [-0.25, -0.2) is 13.6 Å². The second-order valence-corrected chi connectivity index (χ2v) is 6.52. The molecule has 6 nitrogen and oxygen atoms in total. The number of aromatic nitrogens is 2. The highest BCUT2D eigenvalue weighted by Gasteiger charge is 2.20. The molecule has 0 unspecified atom stereocenters. The van der Waals surface area contributed by atoms with Crippen molar-refractivity contribution >= 4 is 11.8 Å². The molecule has 0 aliphatic heterocycles. The van der Waals surface area contributed by atoms with E-state index in [1.165, 1.54) is 0 Å². The summed E-state index contributed by atoms with van der Waals surface area (Å²) in [5, 5.41) is 4.36. The minimum absolute atomic E-state index is 0.290. The fourth-order valence-electron chi connectivity index (χ4n) is 2.47. The summed E-state index contributed by atoms with van der Waals surface area (Å²) < 4.78 is 28.8. The summed E-state index contributed by atoms with van der Waals surface area (Å²) in [4.78, 5) is 29.0. The molecule has 1 aromatic heterocycles. The molecule has 27 heavy (non-hydrogen) atoms. The van der Waals surface area contributed by atoms with Gasteiger partial charge in [-0.1, -0.05) is 26.8 Å². The summed E-state index contributed by atoms with van der Waals surface area (Å²) in [6.45, 7) is 6.18. The highest BCUT2D eigenvalue weighted by molar-refractivity contribution is 5.98. The molecule has 146 valence electrons. The molecule has 0 amide bonds. The summed E-state index contributed by atoms with van der Waals surface area (Å²) >= 11 is 0. The number of aryl methyl sites for hydroxylation is 2. The zero-order valence-corrected chi connectivity index (χ0v) is 15.6. The fraction of sp³-hybridized carbons (Fsp3) is 0.421.